The summed E-state index contributed by atoms with van der Waals surface area (Å²) in [5.74, 6) is -1.29. The molecule has 0 aliphatic rings. The van der Waals surface area contributed by atoms with Crippen molar-refractivity contribution in [2.45, 2.75) is 6.54 Å². The summed E-state index contributed by atoms with van der Waals surface area (Å²) in [6.45, 7) is -0.396. The summed E-state index contributed by atoms with van der Waals surface area (Å²) in [5.41, 5.74) is 0.559. The molecule has 0 aliphatic heterocycles. The number of nitrogens with zero attached hydrogens (tertiary/aromatic N) is 1. The monoisotopic (exact) mass is 335 g/mol. The number of benzene rings is 1. The van der Waals surface area contributed by atoms with Gasteiger partial charge >= 0.3 is 5.97 Å². The number of halogens is 2. The van der Waals surface area contributed by atoms with Crippen LogP contribution in [-0.2, 0) is 11.3 Å². The maximum absolute atomic E-state index is 10.7. The molecule has 0 fully saturated rings. The van der Waals surface area contributed by atoms with Crippen LogP contribution in [0.1, 0.15) is 0 Å². The third-order valence-electron chi connectivity index (χ3n) is 2.34. The van der Waals surface area contributed by atoms with Gasteiger partial charge in [0.25, 0.3) is 0 Å². The fourth-order valence-corrected chi connectivity index (χ4v) is 3.41. The number of aromatic nitrogens is 1. The number of aliphatic carboxylic acids is 1. The van der Waals surface area contributed by atoms with E-state index in [0.29, 0.717) is 20.5 Å². The van der Waals surface area contributed by atoms with Crippen molar-refractivity contribution in [1.82, 2.24) is 4.57 Å². The van der Waals surface area contributed by atoms with Crippen LogP contribution in [0.3, 0.4) is 0 Å². The Bertz CT molecular complexity index is 708. The fourth-order valence-electron chi connectivity index (χ4n) is 1.52. The maximum atomic E-state index is 10.7. The van der Waals surface area contributed by atoms with Gasteiger partial charge in [0.15, 0.2) is 3.95 Å². The van der Waals surface area contributed by atoms with Gasteiger partial charge in [-0.05, 0) is 24.4 Å². The minimum absolute atomic E-state index is 0.207. The van der Waals surface area contributed by atoms with E-state index in [9.17, 15) is 9.90 Å². The Hall–Kier alpha value is -1.08. The van der Waals surface area contributed by atoms with Crippen molar-refractivity contribution in [1.29, 1.82) is 0 Å². The average molecular weight is 336 g/mol. The number of carbonyl (C=O) groups is 1. The quantitative estimate of drug-likeness (QED) is 0.831. The van der Waals surface area contributed by atoms with Gasteiger partial charge in [-0.25, -0.2) is 0 Å². The second kappa shape index (κ2) is 5.50. The van der Waals surface area contributed by atoms with E-state index in [1.54, 1.807) is 18.2 Å². The Balaban J connectivity index is 2.58. The maximum Gasteiger partial charge on any atom is 0.323 e. The molecule has 19 heavy (non-hydrogen) atoms. The van der Waals surface area contributed by atoms with E-state index in [0.717, 1.165) is 15.9 Å². The highest BCUT2D eigenvalue weighted by Gasteiger charge is 2.17. The molecular formula is C11H7Cl2NO3S2. The van der Waals surface area contributed by atoms with Crippen LogP contribution in [0.25, 0.3) is 10.4 Å². The van der Waals surface area contributed by atoms with Gasteiger partial charge in [0, 0.05) is 10.6 Å². The van der Waals surface area contributed by atoms with Crippen molar-refractivity contribution in [2.75, 3.05) is 0 Å². The number of rotatable bonds is 3. The van der Waals surface area contributed by atoms with Gasteiger partial charge in [-0.15, -0.1) is 11.3 Å². The molecule has 0 bridgehead atoms. The van der Waals surface area contributed by atoms with Gasteiger partial charge < -0.3 is 10.2 Å². The van der Waals surface area contributed by atoms with Crippen molar-refractivity contribution in [3.63, 3.8) is 0 Å². The SMILES string of the molecule is O=C(O)Cn1c(O)c(-c2ccc(Cl)cc2Cl)sc1=S. The lowest BCUT2D eigenvalue weighted by Gasteiger charge is -2.04. The average Bonchev–Trinajstić information content (AvgIpc) is 2.57. The van der Waals surface area contributed by atoms with E-state index in [2.05, 4.69) is 0 Å². The zero-order valence-electron chi connectivity index (χ0n) is 9.26. The summed E-state index contributed by atoms with van der Waals surface area (Å²) in [6.07, 6.45) is 0. The van der Waals surface area contributed by atoms with Gasteiger partial charge in [0.05, 0.1) is 9.90 Å². The second-order valence-corrected chi connectivity index (χ2v) is 6.11. The van der Waals surface area contributed by atoms with E-state index < -0.39 is 12.5 Å². The first-order valence-electron chi connectivity index (χ1n) is 5.00. The molecule has 0 saturated heterocycles. The van der Waals surface area contributed by atoms with Crippen molar-refractivity contribution in [3.8, 4) is 16.3 Å². The summed E-state index contributed by atoms with van der Waals surface area (Å²) in [6, 6.07) is 4.82. The molecule has 2 aromatic rings. The highest BCUT2D eigenvalue weighted by molar-refractivity contribution is 7.73. The van der Waals surface area contributed by atoms with Crippen LogP contribution in [0.4, 0.5) is 0 Å². The number of thiazole rings is 1. The molecule has 8 heteroatoms. The van der Waals surface area contributed by atoms with Gasteiger partial charge in [-0.2, -0.15) is 0 Å². The van der Waals surface area contributed by atoms with Crippen molar-refractivity contribution >= 4 is 52.7 Å². The van der Waals surface area contributed by atoms with E-state index in [-0.39, 0.29) is 9.83 Å². The van der Waals surface area contributed by atoms with Gasteiger partial charge in [0.1, 0.15) is 6.54 Å². The normalized spacial score (nSPS) is 10.6. The van der Waals surface area contributed by atoms with Crippen LogP contribution in [0.15, 0.2) is 18.2 Å². The topological polar surface area (TPSA) is 62.5 Å². The minimum Gasteiger partial charge on any atom is -0.493 e. The molecular weight excluding hydrogens is 329 g/mol. The molecule has 1 aromatic carbocycles. The molecule has 0 amide bonds. The highest BCUT2D eigenvalue weighted by atomic mass is 35.5. The number of carboxylic acids is 1. The predicted octanol–water partition coefficient (Wildman–Crippen LogP) is 4.04. The molecule has 0 aliphatic carbocycles. The smallest absolute Gasteiger partial charge is 0.323 e. The first kappa shape index (κ1) is 14.3. The molecule has 4 nitrogen and oxygen atoms in total. The number of hydrogen-bond donors (Lipinski definition) is 2. The van der Waals surface area contributed by atoms with Crippen molar-refractivity contribution in [2.24, 2.45) is 0 Å². The fraction of sp³-hybridized carbons (Fsp3) is 0.0909. The Labute approximate surface area is 127 Å². The van der Waals surface area contributed by atoms with E-state index >= 15 is 0 Å². The molecule has 0 atom stereocenters. The lowest BCUT2D eigenvalue weighted by Crippen LogP contribution is -2.07. The standard InChI is InChI=1S/C11H7Cl2NO3S2/c12-5-1-2-6(7(13)3-5)9-10(17)14(4-8(15)16)11(18)19-9/h1-3,17H,4H2,(H,15,16). The zero-order valence-corrected chi connectivity index (χ0v) is 12.4. The summed E-state index contributed by atoms with van der Waals surface area (Å²) in [5, 5.41) is 19.7. The molecule has 2 N–H and O–H groups in total. The lowest BCUT2D eigenvalue weighted by molar-refractivity contribution is -0.137. The van der Waals surface area contributed by atoms with Crippen LogP contribution in [0.5, 0.6) is 5.88 Å². The van der Waals surface area contributed by atoms with Crippen LogP contribution in [-0.4, -0.2) is 20.7 Å². The molecule has 0 unspecified atom stereocenters. The molecule has 100 valence electrons. The van der Waals surface area contributed by atoms with E-state index in [1.807, 2.05) is 0 Å². The van der Waals surface area contributed by atoms with Crippen LogP contribution in [0, 0.1) is 3.95 Å². The molecule has 1 heterocycles. The van der Waals surface area contributed by atoms with Gasteiger partial charge in [-0.1, -0.05) is 29.3 Å². The first-order valence-corrected chi connectivity index (χ1v) is 6.98. The van der Waals surface area contributed by atoms with Crippen molar-refractivity contribution < 1.29 is 15.0 Å². The number of hydrogen-bond acceptors (Lipinski definition) is 4. The van der Waals surface area contributed by atoms with Crippen LogP contribution < -0.4 is 0 Å². The lowest BCUT2D eigenvalue weighted by atomic mass is 10.2. The van der Waals surface area contributed by atoms with E-state index in [1.165, 1.54) is 0 Å². The molecule has 2 rings (SSSR count). The third-order valence-corrected chi connectivity index (χ3v) is 4.36. The Morgan fingerprint density at radius 3 is 2.68 bits per heavy atom. The zero-order chi connectivity index (χ0) is 14.2. The Morgan fingerprint density at radius 1 is 1.42 bits per heavy atom. The van der Waals surface area contributed by atoms with Gasteiger partial charge in [0.2, 0.25) is 5.88 Å². The number of carboxylic acid groups (broad SMARTS) is 1. The summed E-state index contributed by atoms with van der Waals surface area (Å²) in [4.78, 5) is 11.1. The first-order chi connectivity index (χ1) is 8.90. The predicted molar refractivity (Wildman–Crippen MR) is 77.9 cm³/mol. The number of aromatic hydroxyl groups is 1. The Kier molecular flexibility index (Phi) is 4.15. The second-order valence-electron chi connectivity index (χ2n) is 3.62. The highest BCUT2D eigenvalue weighted by Crippen LogP contribution is 2.40. The van der Waals surface area contributed by atoms with Crippen LogP contribution >= 0.6 is 46.8 Å². The van der Waals surface area contributed by atoms with E-state index in [4.69, 9.17) is 40.5 Å². The molecule has 0 spiro atoms. The third kappa shape index (κ3) is 2.92. The van der Waals surface area contributed by atoms with Crippen molar-refractivity contribution in [3.05, 3.63) is 32.2 Å². The minimum atomic E-state index is -1.09. The summed E-state index contributed by atoms with van der Waals surface area (Å²) < 4.78 is 1.41. The van der Waals surface area contributed by atoms with Gasteiger partial charge in [-0.3, -0.25) is 9.36 Å². The molecule has 0 radical (unpaired) electrons. The largest absolute Gasteiger partial charge is 0.493 e. The van der Waals surface area contributed by atoms with Crippen LogP contribution in [0.2, 0.25) is 10.0 Å². The molecule has 1 aromatic heterocycles. The Morgan fingerprint density at radius 2 is 2.11 bits per heavy atom. The summed E-state index contributed by atoms with van der Waals surface area (Å²) >= 11 is 18.0. The summed E-state index contributed by atoms with van der Waals surface area (Å²) in [7, 11) is 0. The molecule has 0 saturated carbocycles.